The second-order valence-electron chi connectivity index (χ2n) is 8.33. The SMILES string of the molecule is CC.CC1CCC(CCC2CCCC(c3ccc(F)cc3)CC2)CC1.F. The molecular weight excluding hydrogens is 326 g/mol. The van der Waals surface area contributed by atoms with E-state index < -0.39 is 0 Å². The Bertz CT molecular complexity index is 460. The first-order chi connectivity index (χ1) is 12.2. The van der Waals surface area contributed by atoms with Crippen LogP contribution in [0, 0.1) is 23.6 Å². The number of hydrogen-bond donors (Lipinski definition) is 0. The van der Waals surface area contributed by atoms with Crippen LogP contribution in [0.2, 0.25) is 0 Å². The Morgan fingerprint density at radius 1 is 0.769 bits per heavy atom. The Labute approximate surface area is 160 Å². The van der Waals surface area contributed by atoms with Crippen LogP contribution in [-0.4, -0.2) is 0 Å². The molecule has 0 nitrogen and oxygen atoms in total. The van der Waals surface area contributed by atoms with E-state index in [2.05, 4.69) is 6.92 Å². The highest BCUT2D eigenvalue weighted by Crippen LogP contribution is 2.38. The summed E-state index contributed by atoms with van der Waals surface area (Å²) in [6, 6.07) is 7.26. The summed E-state index contributed by atoms with van der Waals surface area (Å²) in [6.07, 6.45) is 15.6. The highest BCUT2D eigenvalue weighted by molar-refractivity contribution is 5.20. The van der Waals surface area contributed by atoms with Crippen molar-refractivity contribution in [2.24, 2.45) is 17.8 Å². The van der Waals surface area contributed by atoms with E-state index in [-0.39, 0.29) is 10.5 Å². The lowest BCUT2D eigenvalue weighted by Crippen LogP contribution is -2.13. The summed E-state index contributed by atoms with van der Waals surface area (Å²) in [6.45, 7) is 6.41. The van der Waals surface area contributed by atoms with Crippen molar-refractivity contribution in [1.82, 2.24) is 0 Å². The standard InChI is InChI=1S/C22H33F.C2H6.FH/c1-17-5-7-19(8-6-17)10-9-18-3-2-4-20(12-11-18)21-13-15-22(23)16-14-21;1-2;/h13-20H,2-12H2,1H3;1-2H3;1H. The van der Waals surface area contributed by atoms with E-state index in [1.54, 1.807) is 12.1 Å². The minimum Gasteiger partial charge on any atom is -0.269 e. The molecule has 2 aliphatic carbocycles. The van der Waals surface area contributed by atoms with Gasteiger partial charge in [-0.25, -0.2) is 4.39 Å². The molecule has 0 spiro atoms. The summed E-state index contributed by atoms with van der Waals surface area (Å²) >= 11 is 0. The fraction of sp³-hybridized carbons (Fsp3) is 0.750. The van der Waals surface area contributed by atoms with Crippen molar-refractivity contribution < 1.29 is 9.09 Å². The van der Waals surface area contributed by atoms with E-state index in [9.17, 15) is 4.39 Å². The van der Waals surface area contributed by atoms with Crippen molar-refractivity contribution in [2.75, 3.05) is 0 Å². The van der Waals surface area contributed by atoms with Crippen molar-refractivity contribution in [1.29, 1.82) is 0 Å². The van der Waals surface area contributed by atoms with Gasteiger partial charge in [-0.1, -0.05) is 84.3 Å². The van der Waals surface area contributed by atoms with E-state index in [0.717, 1.165) is 17.8 Å². The lowest BCUT2D eigenvalue weighted by molar-refractivity contribution is 0.255. The first-order valence-electron chi connectivity index (χ1n) is 11.0. The molecule has 0 saturated heterocycles. The maximum atomic E-state index is 13.1. The number of benzene rings is 1. The molecule has 150 valence electrons. The van der Waals surface area contributed by atoms with Crippen LogP contribution in [0.3, 0.4) is 0 Å². The van der Waals surface area contributed by atoms with Crippen molar-refractivity contribution in [3.63, 3.8) is 0 Å². The zero-order valence-corrected chi connectivity index (χ0v) is 17.2. The van der Waals surface area contributed by atoms with Crippen molar-refractivity contribution in [3.8, 4) is 0 Å². The molecular formula is C24H40F2. The van der Waals surface area contributed by atoms with Gasteiger partial charge in [0.2, 0.25) is 0 Å². The van der Waals surface area contributed by atoms with Gasteiger partial charge in [0.1, 0.15) is 5.82 Å². The molecule has 2 heteroatoms. The number of halogens is 2. The monoisotopic (exact) mass is 366 g/mol. The molecule has 3 rings (SSSR count). The first kappa shape index (κ1) is 23.1. The Morgan fingerprint density at radius 2 is 1.31 bits per heavy atom. The normalized spacial score (nSPS) is 28.9. The molecule has 26 heavy (non-hydrogen) atoms. The Kier molecular flexibility index (Phi) is 11.1. The smallest absolute Gasteiger partial charge is 0.123 e. The lowest BCUT2D eigenvalue weighted by atomic mass is 9.79. The molecule has 0 aliphatic heterocycles. The van der Waals surface area contributed by atoms with Crippen LogP contribution in [0.5, 0.6) is 0 Å². The summed E-state index contributed by atoms with van der Waals surface area (Å²) in [5.41, 5.74) is 1.35. The molecule has 0 radical (unpaired) electrons. The molecule has 1 aromatic carbocycles. The molecule has 0 bridgehead atoms. The molecule has 0 aromatic heterocycles. The van der Waals surface area contributed by atoms with Crippen LogP contribution in [0.15, 0.2) is 24.3 Å². The van der Waals surface area contributed by atoms with Gasteiger partial charge < -0.3 is 0 Å². The minimum absolute atomic E-state index is 0. The molecule has 2 atom stereocenters. The van der Waals surface area contributed by atoms with Gasteiger partial charge in [-0.05, 0) is 60.6 Å². The first-order valence-corrected chi connectivity index (χ1v) is 11.0. The van der Waals surface area contributed by atoms with E-state index in [1.807, 2.05) is 26.0 Å². The van der Waals surface area contributed by atoms with Crippen LogP contribution in [0.25, 0.3) is 0 Å². The van der Waals surface area contributed by atoms with Gasteiger partial charge in [-0.3, -0.25) is 4.70 Å². The highest BCUT2D eigenvalue weighted by atomic mass is 19.1. The maximum Gasteiger partial charge on any atom is 0.123 e. The van der Waals surface area contributed by atoms with Crippen LogP contribution in [0.4, 0.5) is 9.09 Å². The Hall–Kier alpha value is -0.920. The molecule has 0 N–H and O–H groups in total. The van der Waals surface area contributed by atoms with Gasteiger partial charge in [0.15, 0.2) is 0 Å². The van der Waals surface area contributed by atoms with Crippen LogP contribution in [0.1, 0.15) is 103 Å². The molecule has 2 unspecified atom stereocenters. The predicted octanol–water partition coefficient (Wildman–Crippen LogP) is 8.27. The van der Waals surface area contributed by atoms with Crippen molar-refractivity contribution in [2.45, 2.75) is 97.3 Å². The third-order valence-electron chi connectivity index (χ3n) is 6.55. The zero-order chi connectivity index (χ0) is 18.1. The second kappa shape index (κ2) is 12.5. The summed E-state index contributed by atoms with van der Waals surface area (Å²) in [7, 11) is 0. The Morgan fingerprint density at radius 3 is 1.92 bits per heavy atom. The minimum atomic E-state index is -0.109. The van der Waals surface area contributed by atoms with E-state index in [1.165, 1.54) is 76.2 Å². The van der Waals surface area contributed by atoms with Gasteiger partial charge in [0.05, 0.1) is 0 Å². The maximum absolute atomic E-state index is 13.1. The fourth-order valence-corrected chi connectivity index (χ4v) is 4.82. The van der Waals surface area contributed by atoms with E-state index in [4.69, 9.17) is 0 Å². The van der Waals surface area contributed by atoms with Crippen LogP contribution >= 0.6 is 0 Å². The third kappa shape index (κ3) is 7.37. The van der Waals surface area contributed by atoms with Crippen LogP contribution in [-0.2, 0) is 0 Å². The topological polar surface area (TPSA) is 0 Å². The number of hydrogen-bond acceptors (Lipinski definition) is 0. The van der Waals surface area contributed by atoms with Crippen molar-refractivity contribution >= 4 is 0 Å². The summed E-state index contributed by atoms with van der Waals surface area (Å²) in [5, 5.41) is 0. The molecule has 2 aliphatic rings. The zero-order valence-electron chi connectivity index (χ0n) is 17.2. The van der Waals surface area contributed by atoms with Gasteiger partial charge in [0, 0.05) is 0 Å². The fourth-order valence-electron chi connectivity index (χ4n) is 4.82. The average Bonchev–Trinajstić information content (AvgIpc) is 2.89. The number of rotatable bonds is 4. The summed E-state index contributed by atoms with van der Waals surface area (Å²) in [4.78, 5) is 0. The highest BCUT2D eigenvalue weighted by Gasteiger charge is 2.23. The van der Waals surface area contributed by atoms with E-state index >= 15 is 0 Å². The molecule has 2 saturated carbocycles. The summed E-state index contributed by atoms with van der Waals surface area (Å²) in [5.74, 6) is 3.49. The quantitative estimate of drug-likeness (QED) is 0.470. The van der Waals surface area contributed by atoms with Crippen molar-refractivity contribution in [3.05, 3.63) is 35.6 Å². The van der Waals surface area contributed by atoms with Crippen LogP contribution < -0.4 is 0 Å². The molecule has 0 amide bonds. The van der Waals surface area contributed by atoms with Gasteiger partial charge in [0.25, 0.3) is 0 Å². The largest absolute Gasteiger partial charge is 0.269 e. The molecule has 1 aromatic rings. The third-order valence-corrected chi connectivity index (χ3v) is 6.55. The average molecular weight is 367 g/mol. The molecule has 0 heterocycles. The van der Waals surface area contributed by atoms with Gasteiger partial charge >= 0.3 is 0 Å². The predicted molar refractivity (Wildman–Crippen MR) is 110 cm³/mol. The lowest BCUT2D eigenvalue weighted by Gasteiger charge is -2.27. The summed E-state index contributed by atoms with van der Waals surface area (Å²) < 4.78 is 13.1. The van der Waals surface area contributed by atoms with Gasteiger partial charge in [-0.15, -0.1) is 0 Å². The molecule has 2 fully saturated rings. The Balaban J connectivity index is 0.00000109. The van der Waals surface area contributed by atoms with Gasteiger partial charge in [-0.2, -0.15) is 0 Å². The van der Waals surface area contributed by atoms with E-state index in [0.29, 0.717) is 5.92 Å². The second-order valence-corrected chi connectivity index (χ2v) is 8.33.